The average molecular weight is 583 g/mol. The minimum atomic E-state index is -4.67. The first-order chi connectivity index (χ1) is 20.7. The molecule has 0 saturated carbocycles. The largest absolute Gasteiger partial charge is 0.408 e. The summed E-state index contributed by atoms with van der Waals surface area (Å²) in [6, 6.07) is 26.6. The van der Waals surface area contributed by atoms with Crippen LogP contribution in [0.15, 0.2) is 97.3 Å². The maximum atomic E-state index is 14.4. The van der Waals surface area contributed by atoms with Crippen LogP contribution < -0.4 is 10.3 Å². The number of amides is 2. The van der Waals surface area contributed by atoms with Crippen molar-refractivity contribution >= 4 is 28.5 Å². The first kappa shape index (κ1) is 28.2. The quantitative estimate of drug-likeness (QED) is 0.206. The summed E-state index contributed by atoms with van der Waals surface area (Å²) in [6.07, 6.45) is -0.873. The number of aryl methyl sites for hydroxylation is 1. The Kier molecular flexibility index (Phi) is 7.48. The summed E-state index contributed by atoms with van der Waals surface area (Å²) in [4.78, 5) is 31.4. The van der Waals surface area contributed by atoms with Crippen molar-refractivity contribution in [2.45, 2.75) is 38.3 Å². The van der Waals surface area contributed by atoms with Crippen LogP contribution in [-0.4, -0.2) is 34.2 Å². The van der Waals surface area contributed by atoms with Gasteiger partial charge in [-0.3, -0.25) is 9.59 Å². The molecule has 1 aliphatic rings. The van der Waals surface area contributed by atoms with E-state index in [0.29, 0.717) is 27.8 Å². The molecular formula is C34H29F3N4O2. The van der Waals surface area contributed by atoms with Gasteiger partial charge in [0.2, 0.25) is 0 Å². The van der Waals surface area contributed by atoms with Crippen molar-refractivity contribution in [3.63, 3.8) is 0 Å². The molecule has 5 aromatic rings. The number of anilines is 1. The number of carbonyl (C=O) groups excluding carboxylic acids is 2. The third kappa shape index (κ3) is 5.50. The normalized spacial score (nSPS) is 13.9. The smallest absolute Gasteiger partial charge is 0.322 e. The molecule has 6 nitrogen and oxygen atoms in total. The Morgan fingerprint density at radius 1 is 0.930 bits per heavy atom. The number of nitrogens with zero attached hydrogens (tertiary/aromatic N) is 3. The predicted octanol–water partition coefficient (Wildman–Crippen LogP) is 7.47. The van der Waals surface area contributed by atoms with Crippen molar-refractivity contribution in [1.82, 2.24) is 9.66 Å². The van der Waals surface area contributed by atoms with Crippen LogP contribution in [0, 0.1) is 0 Å². The highest BCUT2D eigenvalue weighted by atomic mass is 19.4. The summed E-state index contributed by atoms with van der Waals surface area (Å²) in [6.45, 7) is 0.587. The summed E-state index contributed by atoms with van der Waals surface area (Å²) in [5.41, 5.74) is 5.70. The predicted molar refractivity (Wildman–Crippen MR) is 161 cm³/mol. The van der Waals surface area contributed by atoms with E-state index in [2.05, 4.69) is 17.2 Å². The number of imidazole rings is 1. The van der Waals surface area contributed by atoms with Crippen LogP contribution in [0.4, 0.5) is 18.9 Å². The molecule has 1 aliphatic carbocycles. The fraction of sp³-hybridized carbons (Fsp3) is 0.206. The number of rotatable bonds is 8. The number of hydrogen-bond donors (Lipinski definition) is 1. The van der Waals surface area contributed by atoms with Gasteiger partial charge in [-0.25, -0.2) is 14.7 Å². The third-order valence-corrected chi connectivity index (χ3v) is 7.76. The van der Waals surface area contributed by atoms with Crippen LogP contribution in [0.25, 0.3) is 22.2 Å². The molecule has 0 saturated heterocycles. The third-order valence-electron chi connectivity index (χ3n) is 7.76. The maximum absolute atomic E-state index is 14.4. The van der Waals surface area contributed by atoms with Gasteiger partial charge in [0.15, 0.2) is 0 Å². The lowest BCUT2D eigenvalue weighted by Gasteiger charge is -2.29. The molecule has 1 atom stereocenters. The summed E-state index contributed by atoms with van der Waals surface area (Å²) >= 11 is 0. The van der Waals surface area contributed by atoms with Gasteiger partial charge in [0, 0.05) is 11.3 Å². The van der Waals surface area contributed by atoms with E-state index in [4.69, 9.17) is 0 Å². The molecule has 0 spiro atoms. The molecule has 1 unspecified atom stereocenters. The molecule has 0 aliphatic heterocycles. The Labute approximate surface area is 246 Å². The van der Waals surface area contributed by atoms with Gasteiger partial charge in [-0.2, -0.15) is 13.2 Å². The second-order valence-corrected chi connectivity index (χ2v) is 10.6. The van der Waals surface area contributed by atoms with Crippen LogP contribution in [0.1, 0.15) is 52.7 Å². The van der Waals surface area contributed by atoms with Gasteiger partial charge in [-0.1, -0.05) is 74.0 Å². The minimum Gasteiger partial charge on any atom is -0.322 e. The lowest BCUT2D eigenvalue weighted by atomic mass is 9.90. The van der Waals surface area contributed by atoms with Gasteiger partial charge >= 0.3 is 6.18 Å². The fourth-order valence-electron chi connectivity index (χ4n) is 5.82. The molecule has 1 aromatic heterocycles. The number of unbranched alkanes of at least 4 members (excludes halogenated alkanes) is 1. The van der Waals surface area contributed by atoms with Gasteiger partial charge in [0.05, 0.1) is 17.0 Å². The van der Waals surface area contributed by atoms with Crippen molar-refractivity contribution in [3.05, 3.63) is 120 Å². The number of halogens is 3. The second kappa shape index (κ2) is 11.4. The van der Waals surface area contributed by atoms with Crippen LogP contribution in [0.3, 0.4) is 0 Å². The van der Waals surface area contributed by atoms with Gasteiger partial charge in [0.25, 0.3) is 11.8 Å². The van der Waals surface area contributed by atoms with Gasteiger partial charge in [-0.15, -0.1) is 0 Å². The highest BCUT2D eigenvalue weighted by Crippen LogP contribution is 2.47. The van der Waals surface area contributed by atoms with E-state index in [1.807, 2.05) is 42.5 Å². The van der Waals surface area contributed by atoms with E-state index in [1.165, 1.54) is 11.0 Å². The SMILES string of the molecule is CCCCc1cccc2c1C(C(=O)N(CC(F)(F)F)n1cnc3cc(NC(=O)c4ccccc4)ccc31)c1ccccc1-2. The van der Waals surface area contributed by atoms with Crippen molar-refractivity contribution in [2.75, 3.05) is 16.9 Å². The number of carbonyl (C=O) groups is 2. The summed E-state index contributed by atoms with van der Waals surface area (Å²) in [5, 5.41) is 3.53. The fourth-order valence-corrected chi connectivity index (χ4v) is 5.82. The number of benzene rings is 4. The molecule has 1 heterocycles. The van der Waals surface area contributed by atoms with E-state index < -0.39 is 24.5 Å². The van der Waals surface area contributed by atoms with E-state index in [9.17, 15) is 22.8 Å². The van der Waals surface area contributed by atoms with E-state index in [-0.39, 0.29) is 5.91 Å². The van der Waals surface area contributed by atoms with Gasteiger partial charge < -0.3 is 5.32 Å². The molecule has 0 bridgehead atoms. The van der Waals surface area contributed by atoms with E-state index >= 15 is 0 Å². The molecular weight excluding hydrogens is 553 g/mol. The van der Waals surface area contributed by atoms with E-state index in [1.54, 1.807) is 48.5 Å². The zero-order valence-electron chi connectivity index (χ0n) is 23.4. The first-order valence-electron chi connectivity index (χ1n) is 14.2. The molecule has 6 rings (SSSR count). The van der Waals surface area contributed by atoms with Crippen molar-refractivity contribution in [2.24, 2.45) is 0 Å². The molecule has 0 radical (unpaired) electrons. The van der Waals surface area contributed by atoms with Gasteiger partial charge in [0.1, 0.15) is 12.9 Å². The maximum Gasteiger partial charge on any atom is 0.408 e. The van der Waals surface area contributed by atoms with Crippen LogP contribution in [0.5, 0.6) is 0 Å². The van der Waals surface area contributed by atoms with E-state index in [0.717, 1.165) is 46.5 Å². The lowest BCUT2D eigenvalue weighted by molar-refractivity contribution is -0.136. The molecule has 2 amide bonds. The average Bonchev–Trinajstić information content (AvgIpc) is 3.58. The molecule has 4 aromatic carbocycles. The molecule has 9 heteroatoms. The Morgan fingerprint density at radius 2 is 1.67 bits per heavy atom. The summed E-state index contributed by atoms with van der Waals surface area (Å²) < 4.78 is 43.4. The molecule has 0 fully saturated rings. The van der Waals surface area contributed by atoms with Crippen LogP contribution >= 0.6 is 0 Å². The molecule has 218 valence electrons. The standard InChI is InChI=1S/C34H29F3N4O2/c1-2-3-10-22-13-9-16-26-25-14-7-8-15-27(25)31(30(22)26)33(43)40(20-34(35,36)37)41-21-38-28-19-24(17-18-29(28)41)39-32(42)23-11-5-4-6-12-23/h4-9,11-19,21,31H,2-3,10,20H2,1H3,(H,39,42). The Hall–Kier alpha value is -4.92. The first-order valence-corrected chi connectivity index (χ1v) is 14.2. The highest BCUT2D eigenvalue weighted by Gasteiger charge is 2.42. The van der Waals surface area contributed by atoms with Crippen LogP contribution in [0.2, 0.25) is 0 Å². The Morgan fingerprint density at radius 3 is 2.44 bits per heavy atom. The molecule has 43 heavy (non-hydrogen) atoms. The second-order valence-electron chi connectivity index (χ2n) is 10.6. The highest BCUT2D eigenvalue weighted by molar-refractivity contribution is 6.05. The number of alkyl halides is 3. The lowest BCUT2D eigenvalue weighted by Crippen LogP contribution is -2.48. The zero-order chi connectivity index (χ0) is 30.1. The van der Waals surface area contributed by atoms with Crippen LogP contribution in [-0.2, 0) is 11.2 Å². The summed E-state index contributed by atoms with van der Waals surface area (Å²) in [5.74, 6) is -1.91. The topological polar surface area (TPSA) is 67.2 Å². The zero-order valence-corrected chi connectivity index (χ0v) is 23.4. The minimum absolute atomic E-state index is 0.307. The Bertz CT molecular complexity index is 1810. The van der Waals surface area contributed by atoms with Gasteiger partial charge in [-0.05, 0) is 71.0 Å². The van der Waals surface area contributed by atoms with Crippen molar-refractivity contribution in [1.29, 1.82) is 0 Å². The molecule has 1 N–H and O–H groups in total. The number of hydrogen-bond acceptors (Lipinski definition) is 3. The Balaban J connectivity index is 1.40. The van der Waals surface area contributed by atoms with Crippen molar-refractivity contribution in [3.8, 4) is 11.1 Å². The van der Waals surface area contributed by atoms with Crippen molar-refractivity contribution < 1.29 is 22.8 Å². The number of fused-ring (bicyclic) bond motifs is 4. The number of nitrogens with one attached hydrogen (secondary N) is 1. The summed E-state index contributed by atoms with van der Waals surface area (Å²) in [7, 11) is 0. The monoisotopic (exact) mass is 582 g/mol. The number of aromatic nitrogens is 2.